The Morgan fingerprint density at radius 1 is 1.47 bits per heavy atom. The number of rotatable bonds is 3. The van der Waals surface area contributed by atoms with Crippen molar-refractivity contribution in [3.05, 3.63) is 35.6 Å². The van der Waals surface area contributed by atoms with E-state index in [2.05, 4.69) is 0 Å². The minimum absolute atomic E-state index is 0.118. The number of carbonyl (C=O) groups is 1. The van der Waals surface area contributed by atoms with E-state index in [-0.39, 0.29) is 24.3 Å². The number of likely N-dealkylation sites (tertiary alicyclic amines) is 1. The van der Waals surface area contributed by atoms with Crippen LogP contribution in [0.2, 0.25) is 0 Å². The van der Waals surface area contributed by atoms with E-state index < -0.39 is 0 Å². The molecule has 1 amide bonds. The van der Waals surface area contributed by atoms with Crippen molar-refractivity contribution < 1.29 is 9.18 Å². The number of amides is 1. The van der Waals surface area contributed by atoms with Gasteiger partial charge in [-0.1, -0.05) is 18.6 Å². The first kappa shape index (κ1) is 12.0. The predicted octanol–water partition coefficient (Wildman–Crippen LogP) is 1.84. The van der Waals surface area contributed by atoms with Crippen LogP contribution in [0.25, 0.3) is 0 Å². The Morgan fingerprint density at radius 3 is 3.00 bits per heavy atom. The maximum atomic E-state index is 13.2. The predicted molar refractivity (Wildman–Crippen MR) is 63.8 cm³/mol. The lowest BCUT2D eigenvalue weighted by molar-refractivity contribution is -0.120. The summed E-state index contributed by atoms with van der Waals surface area (Å²) in [5.41, 5.74) is 6.17. The van der Waals surface area contributed by atoms with Gasteiger partial charge in [0.1, 0.15) is 5.82 Å². The summed E-state index contributed by atoms with van der Waals surface area (Å²) in [5, 5.41) is 0. The average molecular weight is 236 g/mol. The fourth-order valence-corrected chi connectivity index (χ4v) is 2.47. The lowest BCUT2D eigenvalue weighted by atomic mass is 9.95. The maximum Gasteiger partial charge on any atom is 0.231 e. The number of nitrogens with zero attached hydrogens (tertiary/aromatic N) is 1. The van der Waals surface area contributed by atoms with Crippen molar-refractivity contribution in [2.24, 2.45) is 5.73 Å². The molecule has 2 rings (SSSR count). The first-order valence-electron chi connectivity index (χ1n) is 5.94. The zero-order valence-corrected chi connectivity index (χ0v) is 9.73. The normalized spacial score (nSPS) is 21.4. The SMILES string of the molecule is NC(=O)CN1CCCC[C@@H]1c1cccc(F)c1. The van der Waals surface area contributed by atoms with Crippen molar-refractivity contribution in [2.75, 3.05) is 13.1 Å². The third-order valence-electron chi connectivity index (χ3n) is 3.21. The minimum Gasteiger partial charge on any atom is -0.369 e. The zero-order valence-electron chi connectivity index (χ0n) is 9.73. The van der Waals surface area contributed by atoms with Crippen LogP contribution in [0.1, 0.15) is 30.9 Å². The number of nitrogens with two attached hydrogens (primary N) is 1. The smallest absolute Gasteiger partial charge is 0.231 e. The van der Waals surface area contributed by atoms with E-state index in [1.54, 1.807) is 12.1 Å². The molecule has 1 fully saturated rings. The Hall–Kier alpha value is -1.42. The molecule has 0 aliphatic carbocycles. The van der Waals surface area contributed by atoms with Gasteiger partial charge in [-0.05, 0) is 37.1 Å². The molecule has 1 heterocycles. The van der Waals surface area contributed by atoms with Gasteiger partial charge in [-0.3, -0.25) is 9.69 Å². The molecular weight excluding hydrogens is 219 g/mol. The zero-order chi connectivity index (χ0) is 12.3. The second kappa shape index (κ2) is 5.27. The molecule has 17 heavy (non-hydrogen) atoms. The van der Waals surface area contributed by atoms with E-state index in [0.717, 1.165) is 31.4 Å². The molecule has 1 aromatic carbocycles. The topological polar surface area (TPSA) is 46.3 Å². The van der Waals surface area contributed by atoms with Crippen LogP contribution in [0.4, 0.5) is 4.39 Å². The number of benzene rings is 1. The van der Waals surface area contributed by atoms with Gasteiger partial charge in [0, 0.05) is 6.04 Å². The summed E-state index contributed by atoms with van der Waals surface area (Å²) >= 11 is 0. The van der Waals surface area contributed by atoms with Gasteiger partial charge in [-0.2, -0.15) is 0 Å². The highest BCUT2D eigenvalue weighted by Crippen LogP contribution is 2.30. The molecule has 1 aromatic rings. The van der Waals surface area contributed by atoms with Gasteiger partial charge < -0.3 is 5.73 Å². The summed E-state index contributed by atoms with van der Waals surface area (Å²) in [7, 11) is 0. The highest BCUT2D eigenvalue weighted by Gasteiger charge is 2.24. The van der Waals surface area contributed by atoms with E-state index >= 15 is 0 Å². The quantitative estimate of drug-likeness (QED) is 0.870. The van der Waals surface area contributed by atoms with Gasteiger partial charge >= 0.3 is 0 Å². The first-order chi connectivity index (χ1) is 8.16. The summed E-state index contributed by atoms with van der Waals surface area (Å²) in [6, 6.07) is 6.72. The summed E-state index contributed by atoms with van der Waals surface area (Å²) in [6.45, 7) is 1.10. The average Bonchev–Trinajstić information content (AvgIpc) is 2.29. The highest BCUT2D eigenvalue weighted by molar-refractivity contribution is 5.76. The van der Waals surface area contributed by atoms with Gasteiger partial charge in [0.05, 0.1) is 6.54 Å². The number of primary amides is 1. The van der Waals surface area contributed by atoms with Crippen LogP contribution in [0.5, 0.6) is 0 Å². The molecule has 2 N–H and O–H groups in total. The van der Waals surface area contributed by atoms with Crippen LogP contribution in [-0.2, 0) is 4.79 Å². The molecular formula is C13H17FN2O. The Balaban J connectivity index is 2.18. The Bertz CT molecular complexity index is 408. The number of hydrogen-bond acceptors (Lipinski definition) is 2. The molecule has 92 valence electrons. The largest absolute Gasteiger partial charge is 0.369 e. The second-order valence-electron chi connectivity index (χ2n) is 4.50. The van der Waals surface area contributed by atoms with E-state index in [4.69, 9.17) is 5.73 Å². The summed E-state index contributed by atoms with van der Waals surface area (Å²) < 4.78 is 13.2. The van der Waals surface area contributed by atoms with Gasteiger partial charge in [0.25, 0.3) is 0 Å². The highest BCUT2D eigenvalue weighted by atomic mass is 19.1. The van der Waals surface area contributed by atoms with Gasteiger partial charge in [-0.15, -0.1) is 0 Å². The Morgan fingerprint density at radius 2 is 2.29 bits per heavy atom. The van der Waals surface area contributed by atoms with E-state index in [1.165, 1.54) is 6.07 Å². The van der Waals surface area contributed by atoms with Crippen molar-refractivity contribution in [3.63, 3.8) is 0 Å². The summed E-state index contributed by atoms with van der Waals surface area (Å²) in [6.07, 6.45) is 3.13. The lowest BCUT2D eigenvalue weighted by Crippen LogP contribution is -2.39. The monoisotopic (exact) mass is 236 g/mol. The van der Waals surface area contributed by atoms with Gasteiger partial charge in [0.15, 0.2) is 0 Å². The third-order valence-corrected chi connectivity index (χ3v) is 3.21. The molecule has 0 bridgehead atoms. The summed E-state index contributed by atoms with van der Waals surface area (Å²) in [4.78, 5) is 13.1. The fourth-order valence-electron chi connectivity index (χ4n) is 2.47. The van der Waals surface area contributed by atoms with Crippen molar-refractivity contribution in [1.29, 1.82) is 0 Å². The lowest BCUT2D eigenvalue weighted by Gasteiger charge is -2.35. The minimum atomic E-state index is -0.326. The number of hydrogen-bond donors (Lipinski definition) is 1. The van der Waals surface area contributed by atoms with Crippen LogP contribution in [-0.4, -0.2) is 23.9 Å². The molecule has 1 atom stereocenters. The molecule has 0 spiro atoms. The van der Waals surface area contributed by atoms with Crippen molar-refractivity contribution in [1.82, 2.24) is 4.90 Å². The molecule has 1 aliphatic rings. The fraction of sp³-hybridized carbons (Fsp3) is 0.462. The summed E-state index contributed by atoms with van der Waals surface area (Å²) in [5.74, 6) is -0.555. The van der Waals surface area contributed by atoms with Gasteiger partial charge in [0.2, 0.25) is 5.91 Å². The van der Waals surface area contributed by atoms with E-state index in [1.807, 2.05) is 11.0 Å². The van der Waals surface area contributed by atoms with E-state index in [9.17, 15) is 9.18 Å². The van der Waals surface area contributed by atoms with Gasteiger partial charge in [-0.25, -0.2) is 4.39 Å². The molecule has 0 saturated carbocycles. The molecule has 0 aromatic heterocycles. The molecule has 0 unspecified atom stereocenters. The number of halogens is 1. The van der Waals surface area contributed by atoms with Crippen LogP contribution in [0.3, 0.4) is 0 Å². The molecule has 4 heteroatoms. The standard InChI is InChI=1S/C13H17FN2O/c14-11-5-3-4-10(8-11)12-6-1-2-7-16(12)9-13(15)17/h3-5,8,12H,1-2,6-7,9H2,(H2,15,17)/t12-/m1/s1. The third kappa shape index (κ3) is 3.03. The van der Waals surface area contributed by atoms with Crippen molar-refractivity contribution in [3.8, 4) is 0 Å². The van der Waals surface area contributed by atoms with Crippen LogP contribution in [0, 0.1) is 5.82 Å². The molecule has 1 aliphatic heterocycles. The number of carbonyl (C=O) groups excluding carboxylic acids is 1. The van der Waals surface area contributed by atoms with E-state index in [0.29, 0.717) is 0 Å². The van der Waals surface area contributed by atoms with Crippen LogP contribution < -0.4 is 5.73 Å². The van der Waals surface area contributed by atoms with Crippen molar-refractivity contribution >= 4 is 5.91 Å². The molecule has 1 saturated heterocycles. The van der Waals surface area contributed by atoms with Crippen LogP contribution >= 0.6 is 0 Å². The first-order valence-corrected chi connectivity index (χ1v) is 5.94. The second-order valence-corrected chi connectivity index (χ2v) is 4.50. The van der Waals surface area contributed by atoms with Crippen molar-refractivity contribution in [2.45, 2.75) is 25.3 Å². The Kier molecular flexibility index (Phi) is 3.74. The number of piperidine rings is 1. The van der Waals surface area contributed by atoms with Crippen LogP contribution in [0.15, 0.2) is 24.3 Å². The molecule has 0 radical (unpaired) electrons. The Labute approximate surface area is 100 Å². The maximum absolute atomic E-state index is 13.2. The molecule has 3 nitrogen and oxygen atoms in total.